The Bertz CT molecular complexity index is 775. The number of likely N-dealkylation sites (tertiary alicyclic amines) is 2. The number of carbonyl (C=O) groups is 2. The van der Waals surface area contributed by atoms with Gasteiger partial charge in [-0.2, -0.15) is 0 Å². The van der Waals surface area contributed by atoms with Crippen LogP contribution in [-0.4, -0.2) is 54.5 Å². The maximum atomic E-state index is 13.3. The summed E-state index contributed by atoms with van der Waals surface area (Å²) in [6, 6.07) is 10.3. The van der Waals surface area contributed by atoms with Gasteiger partial charge in [-0.25, -0.2) is 0 Å². The van der Waals surface area contributed by atoms with Crippen LogP contribution >= 0.6 is 0 Å². The van der Waals surface area contributed by atoms with Crippen LogP contribution in [0.15, 0.2) is 30.3 Å². The third kappa shape index (κ3) is 3.18. The zero-order chi connectivity index (χ0) is 21.0. The van der Waals surface area contributed by atoms with Crippen molar-refractivity contribution in [3.05, 3.63) is 35.9 Å². The van der Waals surface area contributed by atoms with Gasteiger partial charge < -0.3 is 14.5 Å². The highest BCUT2D eigenvalue weighted by atomic mass is 16.5. The smallest absolute Gasteiger partial charge is 0.249 e. The van der Waals surface area contributed by atoms with Gasteiger partial charge in [0.2, 0.25) is 11.8 Å². The first-order chi connectivity index (χ1) is 13.7. The molecule has 1 aliphatic carbocycles. The first kappa shape index (κ1) is 20.4. The predicted molar refractivity (Wildman–Crippen MR) is 112 cm³/mol. The maximum absolute atomic E-state index is 13.3. The number of hydrogen-bond donors (Lipinski definition) is 0. The summed E-state index contributed by atoms with van der Waals surface area (Å²) in [7, 11) is 0. The molecule has 29 heavy (non-hydrogen) atoms. The van der Waals surface area contributed by atoms with Crippen LogP contribution in [0.1, 0.15) is 46.2 Å². The van der Waals surface area contributed by atoms with Gasteiger partial charge in [0.15, 0.2) is 0 Å². The van der Waals surface area contributed by atoms with Crippen molar-refractivity contribution < 1.29 is 14.3 Å². The molecule has 0 spiro atoms. The topological polar surface area (TPSA) is 49.9 Å². The van der Waals surface area contributed by atoms with Gasteiger partial charge in [-0.05, 0) is 23.3 Å². The third-order valence-corrected chi connectivity index (χ3v) is 8.13. The van der Waals surface area contributed by atoms with Crippen LogP contribution in [0, 0.1) is 28.6 Å². The molecule has 4 rings (SSSR count). The van der Waals surface area contributed by atoms with Crippen molar-refractivity contribution in [3.8, 4) is 0 Å². The number of nitrogens with zero attached hydrogens (tertiary/aromatic N) is 2. The van der Waals surface area contributed by atoms with E-state index in [1.807, 2.05) is 30.0 Å². The van der Waals surface area contributed by atoms with Gasteiger partial charge in [0.1, 0.15) is 6.61 Å². The first-order valence-electron chi connectivity index (χ1n) is 10.9. The highest BCUT2D eigenvalue weighted by Gasteiger charge is 2.69. The Balaban J connectivity index is 1.54. The molecule has 0 radical (unpaired) electrons. The quantitative estimate of drug-likeness (QED) is 0.764. The normalized spacial score (nSPS) is 29.8. The molecule has 1 aromatic carbocycles. The second-order valence-electron chi connectivity index (χ2n) is 10.1. The summed E-state index contributed by atoms with van der Waals surface area (Å²) in [6.07, 6.45) is 0. The molecule has 0 N–H and O–H groups in total. The van der Waals surface area contributed by atoms with Crippen molar-refractivity contribution >= 4 is 11.8 Å². The lowest BCUT2D eigenvalue weighted by molar-refractivity contribution is -0.138. The Kier molecular flexibility index (Phi) is 5.01. The van der Waals surface area contributed by atoms with Gasteiger partial charge in [0, 0.05) is 44.0 Å². The van der Waals surface area contributed by atoms with Gasteiger partial charge in [-0.1, -0.05) is 58.0 Å². The lowest BCUT2D eigenvalue weighted by atomic mass is 9.89. The summed E-state index contributed by atoms with van der Waals surface area (Å²) in [5.41, 5.74) is 1.27. The van der Waals surface area contributed by atoms with E-state index in [4.69, 9.17) is 4.74 Å². The van der Waals surface area contributed by atoms with E-state index >= 15 is 0 Å². The fraction of sp³-hybridized carbons (Fsp3) is 0.667. The molecule has 1 saturated carbocycles. The van der Waals surface area contributed by atoms with Crippen LogP contribution in [0.2, 0.25) is 0 Å². The number of hydrogen-bond acceptors (Lipinski definition) is 3. The summed E-state index contributed by atoms with van der Waals surface area (Å²) in [5.74, 6) is 1.07. The van der Waals surface area contributed by atoms with Crippen molar-refractivity contribution in [2.45, 2.75) is 40.7 Å². The zero-order valence-electron chi connectivity index (χ0n) is 18.4. The summed E-state index contributed by atoms with van der Waals surface area (Å²) in [4.78, 5) is 30.2. The molecule has 5 nitrogen and oxygen atoms in total. The molecule has 3 fully saturated rings. The molecular weight excluding hydrogens is 364 g/mol. The Hall–Kier alpha value is -1.88. The Morgan fingerprint density at radius 2 is 1.69 bits per heavy atom. The van der Waals surface area contributed by atoms with Crippen LogP contribution in [0.3, 0.4) is 0 Å². The van der Waals surface area contributed by atoms with E-state index in [0.29, 0.717) is 25.0 Å². The average Bonchev–Trinajstić information content (AvgIpc) is 3.06. The molecule has 2 amide bonds. The number of fused-ring (bicyclic) bond motifs is 1. The molecule has 1 aromatic rings. The molecule has 158 valence electrons. The van der Waals surface area contributed by atoms with E-state index in [9.17, 15) is 9.59 Å². The van der Waals surface area contributed by atoms with E-state index in [2.05, 4.69) is 44.7 Å². The SMILES string of the molecule is CCOCC(=O)N1C[C@@H]2CN(C(=O)C3C(C)(C)C3(C)C)C[C@@H]2[C@H]1c1ccccc1. The maximum Gasteiger partial charge on any atom is 0.249 e. The second-order valence-corrected chi connectivity index (χ2v) is 10.1. The predicted octanol–water partition coefficient (Wildman–Crippen LogP) is 3.36. The van der Waals surface area contributed by atoms with Crippen LogP contribution in [0.4, 0.5) is 0 Å². The molecule has 2 heterocycles. The largest absolute Gasteiger partial charge is 0.372 e. The molecule has 0 bridgehead atoms. The van der Waals surface area contributed by atoms with Gasteiger partial charge in [0.25, 0.3) is 0 Å². The van der Waals surface area contributed by atoms with E-state index in [1.54, 1.807) is 0 Å². The van der Waals surface area contributed by atoms with Crippen LogP contribution in [-0.2, 0) is 14.3 Å². The number of benzene rings is 1. The van der Waals surface area contributed by atoms with Crippen molar-refractivity contribution in [1.82, 2.24) is 9.80 Å². The number of amides is 2. The highest BCUT2D eigenvalue weighted by molar-refractivity contribution is 5.85. The van der Waals surface area contributed by atoms with Crippen molar-refractivity contribution in [2.75, 3.05) is 32.8 Å². The number of ether oxygens (including phenoxy) is 1. The van der Waals surface area contributed by atoms with Crippen LogP contribution in [0.25, 0.3) is 0 Å². The highest BCUT2D eigenvalue weighted by Crippen LogP contribution is 2.69. The average molecular weight is 399 g/mol. The molecule has 3 atom stereocenters. The summed E-state index contributed by atoms with van der Waals surface area (Å²) < 4.78 is 5.40. The summed E-state index contributed by atoms with van der Waals surface area (Å²) in [6.45, 7) is 13.6. The van der Waals surface area contributed by atoms with E-state index in [1.165, 1.54) is 0 Å². The molecule has 2 aliphatic heterocycles. The van der Waals surface area contributed by atoms with Crippen molar-refractivity contribution in [1.29, 1.82) is 0 Å². The lowest BCUT2D eigenvalue weighted by Gasteiger charge is -2.30. The van der Waals surface area contributed by atoms with Crippen molar-refractivity contribution in [2.24, 2.45) is 28.6 Å². The summed E-state index contributed by atoms with van der Waals surface area (Å²) >= 11 is 0. The standard InChI is InChI=1S/C24H34N2O3/c1-6-29-15-19(27)26-13-17-12-25(22(28)21-23(2,3)24(21,4)5)14-18(17)20(26)16-10-8-7-9-11-16/h7-11,17-18,20-21H,6,12-15H2,1-5H3/t17-,18-,20+/m0/s1. The number of carbonyl (C=O) groups excluding carboxylic acids is 2. The lowest BCUT2D eigenvalue weighted by Crippen LogP contribution is -2.39. The minimum Gasteiger partial charge on any atom is -0.372 e. The minimum atomic E-state index is 0.0205. The monoisotopic (exact) mass is 398 g/mol. The van der Waals surface area contributed by atoms with Gasteiger partial charge in [-0.15, -0.1) is 0 Å². The molecule has 5 heteroatoms. The van der Waals surface area contributed by atoms with Crippen LogP contribution < -0.4 is 0 Å². The Morgan fingerprint density at radius 1 is 1.03 bits per heavy atom. The van der Waals surface area contributed by atoms with Gasteiger partial charge in [-0.3, -0.25) is 9.59 Å². The van der Waals surface area contributed by atoms with Crippen LogP contribution in [0.5, 0.6) is 0 Å². The molecule has 0 unspecified atom stereocenters. The minimum absolute atomic E-state index is 0.0205. The Morgan fingerprint density at radius 3 is 2.28 bits per heavy atom. The fourth-order valence-corrected chi connectivity index (χ4v) is 5.83. The summed E-state index contributed by atoms with van der Waals surface area (Å²) in [5, 5.41) is 0. The number of rotatable bonds is 5. The fourth-order valence-electron chi connectivity index (χ4n) is 5.83. The first-order valence-corrected chi connectivity index (χ1v) is 10.9. The van der Waals surface area contributed by atoms with Gasteiger partial charge >= 0.3 is 0 Å². The van der Waals surface area contributed by atoms with E-state index in [0.717, 1.165) is 18.7 Å². The molecular formula is C24H34N2O3. The third-order valence-electron chi connectivity index (χ3n) is 8.13. The molecule has 2 saturated heterocycles. The Labute approximate surface area is 174 Å². The van der Waals surface area contributed by atoms with Gasteiger partial charge in [0.05, 0.1) is 6.04 Å². The molecule has 3 aliphatic rings. The van der Waals surface area contributed by atoms with Crippen molar-refractivity contribution in [3.63, 3.8) is 0 Å². The molecule has 0 aromatic heterocycles. The van der Waals surface area contributed by atoms with E-state index < -0.39 is 0 Å². The second kappa shape index (κ2) is 7.12. The van der Waals surface area contributed by atoms with E-state index in [-0.39, 0.29) is 41.2 Å². The zero-order valence-corrected chi connectivity index (χ0v) is 18.4.